The van der Waals surface area contributed by atoms with Crippen molar-refractivity contribution < 1.29 is 67.1 Å². The number of amides is 5. The summed E-state index contributed by atoms with van der Waals surface area (Å²) in [6.07, 6.45) is 3.10. The molecule has 444 valence electrons. The number of ketones is 2. The average molecular weight is 1210 g/mol. The first-order valence-electron chi connectivity index (χ1n) is 27.6. The smallest absolute Gasteiger partial charge is 0.412 e. The third-order valence-corrected chi connectivity index (χ3v) is 16.6. The van der Waals surface area contributed by atoms with Crippen molar-refractivity contribution in [1.82, 2.24) is 10.6 Å². The monoisotopic (exact) mass is 1210 g/mol. The topological polar surface area (TPSA) is 272 Å². The molecule has 0 radical (unpaired) electrons. The Morgan fingerprint density at radius 2 is 1.77 bits per heavy atom. The van der Waals surface area contributed by atoms with Crippen molar-refractivity contribution in [2.75, 3.05) is 42.9 Å². The van der Waals surface area contributed by atoms with E-state index in [1.807, 2.05) is 52.8 Å². The van der Waals surface area contributed by atoms with Crippen LogP contribution in [0.15, 0.2) is 66.3 Å². The third kappa shape index (κ3) is 18.5. The van der Waals surface area contributed by atoms with Crippen LogP contribution in [0.4, 0.5) is 21.0 Å². The number of methoxy groups -OCH3 is 1. The van der Waals surface area contributed by atoms with Crippen molar-refractivity contribution in [3.05, 3.63) is 93.6 Å². The minimum atomic E-state index is -1.62. The van der Waals surface area contributed by atoms with Gasteiger partial charge < -0.3 is 50.1 Å². The van der Waals surface area contributed by atoms with Crippen molar-refractivity contribution >= 4 is 86.3 Å². The zero-order chi connectivity index (χ0) is 59.9. The van der Waals surface area contributed by atoms with Crippen LogP contribution in [-0.2, 0) is 65.3 Å². The molecule has 3 aliphatic heterocycles. The van der Waals surface area contributed by atoms with Gasteiger partial charge in [0, 0.05) is 74.8 Å². The number of fused-ring (bicyclic) bond motifs is 5. The van der Waals surface area contributed by atoms with Gasteiger partial charge in [-0.25, -0.2) is 14.4 Å². The lowest BCUT2D eigenvalue weighted by Gasteiger charge is -2.41. The summed E-state index contributed by atoms with van der Waals surface area (Å²) in [5.74, 6) is -3.91. The van der Waals surface area contributed by atoms with Crippen LogP contribution in [0, 0.1) is 31.6 Å². The molecule has 21 heteroatoms. The van der Waals surface area contributed by atoms with Crippen LogP contribution >= 0.6 is 27.5 Å². The first-order chi connectivity index (χ1) is 38.2. The van der Waals surface area contributed by atoms with E-state index in [4.69, 9.17) is 41.0 Å². The number of rotatable bonds is 23. The number of nitrogens with two attached hydrogens (primary N) is 1. The van der Waals surface area contributed by atoms with Crippen molar-refractivity contribution in [2.24, 2.45) is 23.5 Å². The first-order valence-corrected chi connectivity index (χ1v) is 29.1. The van der Waals surface area contributed by atoms with E-state index in [1.54, 1.807) is 51.2 Å². The van der Waals surface area contributed by atoms with Crippen LogP contribution < -0.4 is 26.6 Å². The number of alkyl halides is 1. The zero-order valence-corrected chi connectivity index (χ0v) is 50.4. The summed E-state index contributed by atoms with van der Waals surface area (Å²) in [4.78, 5) is 107. The minimum Gasteiger partial charge on any atom is -0.462 e. The number of epoxide rings is 1. The maximum atomic E-state index is 14.4. The predicted molar refractivity (Wildman–Crippen MR) is 311 cm³/mol. The van der Waals surface area contributed by atoms with Gasteiger partial charge in [0.25, 0.3) is 0 Å². The Bertz CT molecular complexity index is 2730. The Morgan fingerprint density at radius 3 is 2.43 bits per heavy atom. The third-order valence-electron chi connectivity index (χ3n) is 15.5. The number of hydrogen-bond donors (Lipinski definition) is 5. The standard InChI is InChI=1S/C60H81BrClN5O14/c1-34(2)44(29-43(68)17-12-11-13-23-78-56(73)38(6)33-61)55(72)66-45(18-15-22-64-57(63)74)47(69)28-41-20-21-42(26-36(41)4)65-58(75)80-50-30-51(70)67(9)46-27-40(25-37(5)53(46)62)24-35(3)16-14-19-49(77-10)60(76)31-48(79-52(71)32-60)39(7)54-59(50,8)81-54/h14,16,19-21,25-27,34,39,44-45,48-50,54,76H,6,11-13,15,17-18,22-24,28-33H2,1-5,7-10H3,(H,65,75)(H,66,72)(H3,63,64,74)/b19-14+,35-16+/t39-,44+,45+,48+,49-,50+,54+,59+,60-/m1/s1. The number of unbranched alkanes of at least 4 members (excludes halogenated alkanes) is 2. The number of allylic oxidation sites excluding steroid dienone is 3. The number of Topliss-reactive ketones (excluding diaryl/α,β-unsaturated/α-hetero) is 2. The van der Waals surface area contributed by atoms with Gasteiger partial charge in [-0.1, -0.05) is 90.8 Å². The van der Waals surface area contributed by atoms with Gasteiger partial charge in [-0.2, -0.15) is 0 Å². The summed E-state index contributed by atoms with van der Waals surface area (Å²) in [5.41, 5.74) is 7.29. The second-order valence-electron chi connectivity index (χ2n) is 22.3. The molecule has 0 saturated carbocycles. The number of anilines is 2. The van der Waals surface area contributed by atoms with E-state index in [1.165, 1.54) is 12.0 Å². The second kappa shape index (κ2) is 29.9. The molecule has 9 atom stereocenters. The van der Waals surface area contributed by atoms with Crippen LogP contribution in [0.5, 0.6) is 0 Å². The Balaban J connectivity index is 1.31. The lowest BCUT2D eigenvalue weighted by atomic mass is 9.78. The lowest BCUT2D eigenvalue weighted by Crippen LogP contribution is -2.53. The molecule has 3 aliphatic rings. The van der Waals surface area contributed by atoms with E-state index in [-0.39, 0.29) is 75.6 Å². The maximum Gasteiger partial charge on any atom is 0.412 e. The molecule has 6 N–H and O–H groups in total. The number of ether oxygens (including phenoxy) is 5. The lowest BCUT2D eigenvalue weighted by molar-refractivity contribution is -0.187. The highest BCUT2D eigenvalue weighted by Gasteiger charge is 2.64. The van der Waals surface area contributed by atoms with E-state index < -0.39 is 89.4 Å². The number of hydrogen-bond acceptors (Lipinski definition) is 14. The van der Waals surface area contributed by atoms with Crippen molar-refractivity contribution in [3.8, 4) is 0 Å². The highest BCUT2D eigenvalue weighted by atomic mass is 79.9. The molecule has 3 heterocycles. The molecule has 2 saturated heterocycles. The average Bonchev–Trinajstić information content (AvgIpc) is 4.14. The summed E-state index contributed by atoms with van der Waals surface area (Å²) in [5, 5.41) is 20.8. The fourth-order valence-corrected chi connectivity index (χ4v) is 10.9. The summed E-state index contributed by atoms with van der Waals surface area (Å²) >= 11 is 10.0. The Kier molecular flexibility index (Phi) is 24.3. The molecule has 5 rings (SSSR count). The van der Waals surface area contributed by atoms with Crippen LogP contribution in [0.1, 0.15) is 121 Å². The van der Waals surface area contributed by atoms with Crippen molar-refractivity contribution in [2.45, 2.75) is 167 Å². The number of esters is 2. The molecular weight excluding hydrogens is 1130 g/mol. The molecule has 2 fully saturated rings. The van der Waals surface area contributed by atoms with Crippen molar-refractivity contribution in [1.29, 1.82) is 0 Å². The second-order valence-corrected chi connectivity index (χ2v) is 23.2. The SMILES string of the molecule is C=C(CBr)C(=O)OCCCCCC(=O)C[C@H](C(=O)N[C@@H](CCCNC(N)=O)C(=O)Cc1ccc(NC(=O)O[C@H]2CC(=O)N(C)c3cc(cc(C)c3Cl)C/C(C)=C/C=C/[C@@H](OC)[C@]3(O)CC(=O)O[C@@H](C3)[C@@H](C)[C@@H]3O[C@@]23C)cc1C)C(C)C. The van der Waals surface area contributed by atoms with Gasteiger partial charge in [0.2, 0.25) is 11.8 Å². The molecule has 5 amide bonds. The van der Waals surface area contributed by atoms with Gasteiger partial charge in [-0.05, 0) is 113 Å². The number of nitrogens with zero attached hydrogens (tertiary/aromatic N) is 1. The van der Waals surface area contributed by atoms with Crippen molar-refractivity contribution in [3.63, 3.8) is 0 Å². The molecule has 2 aromatic rings. The van der Waals surface area contributed by atoms with E-state index in [0.717, 1.165) is 16.7 Å². The number of nitrogens with one attached hydrogen (secondary N) is 3. The van der Waals surface area contributed by atoms with Gasteiger partial charge in [-0.15, -0.1) is 0 Å². The first kappa shape index (κ1) is 65.9. The zero-order valence-electron chi connectivity index (χ0n) is 48.1. The Labute approximate surface area is 488 Å². The highest BCUT2D eigenvalue weighted by molar-refractivity contribution is 9.09. The number of halogens is 2. The quantitative estimate of drug-likeness (QED) is 0.0174. The maximum absolute atomic E-state index is 14.4. The molecule has 0 spiro atoms. The van der Waals surface area contributed by atoms with Gasteiger partial charge in [0.1, 0.15) is 35.3 Å². The largest absolute Gasteiger partial charge is 0.462 e. The number of carbonyl (C=O) groups is 8. The van der Waals surface area contributed by atoms with Crippen LogP contribution in [-0.4, -0.2) is 127 Å². The van der Waals surface area contributed by atoms with E-state index in [9.17, 15) is 43.5 Å². The minimum absolute atomic E-state index is 0.0192. The van der Waals surface area contributed by atoms with E-state index in [2.05, 4.69) is 38.5 Å². The van der Waals surface area contributed by atoms with Crippen LogP contribution in [0.2, 0.25) is 5.02 Å². The molecule has 81 heavy (non-hydrogen) atoms. The number of aryl methyl sites for hydroxylation is 2. The molecule has 0 unspecified atom stereocenters. The van der Waals surface area contributed by atoms with Gasteiger partial charge >= 0.3 is 24.1 Å². The molecule has 4 bridgehead atoms. The normalized spacial score (nSPS) is 24.7. The summed E-state index contributed by atoms with van der Waals surface area (Å²) in [7, 11) is 3.06. The Hall–Kier alpha value is -5.93. The van der Waals surface area contributed by atoms with E-state index >= 15 is 0 Å². The van der Waals surface area contributed by atoms with E-state index in [0.29, 0.717) is 70.5 Å². The Morgan fingerprint density at radius 1 is 1.04 bits per heavy atom. The molecule has 2 aromatic carbocycles. The molecule has 0 aromatic heterocycles. The number of primary amides is 1. The van der Waals surface area contributed by atoms with Crippen LogP contribution in [0.3, 0.4) is 0 Å². The predicted octanol–water partition coefficient (Wildman–Crippen LogP) is 8.56. The highest BCUT2D eigenvalue weighted by Crippen LogP contribution is 2.50. The molecular formula is C60H81BrClN5O14. The number of aliphatic hydroxyl groups is 1. The fourth-order valence-electron chi connectivity index (χ4n) is 10.5. The fraction of sp³-hybridized carbons (Fsp3) is 0.567. The van der Waals surface area contributed by atoms with Gasteiger partial charge in [0.05, 0.1) is 42.3 Å². The van der Waals surface area contributed by atoms with Gasteiger partial charge in [-0.3, -0.25) is 29.3 Å². The summed E-state index contributed by atoms with van der Waals surface area (Å²) in [6, 6.07) is 6.99. The summed E-state index contributed by atoms with van der Waals surface area (Å²) < 4.78 is 29.2. The number of carbonyl (C=O) groups excluding carboxylic acids is 8. The summed E-state index contributed by atoms with van der Waals surface area (Å²) in [6.45, 7) is 16.7. The molecule has 19 nitrogen and oxygen atoms in total. The van der Waals surface area contributed by atoms with Gasteiger partial charge in [0.15, 0.2) is 5.78 Å². The number of benzene rings is 2. The molecule has 0 aliphatic carbocycles. The van der Waals surface area contributed by atoms with Crippen LogP contribution in [0.25, 0.3) is 0 Å². The number of urea groups is 1.